The molecule has 2 aromatic carbocycles. The lowest BCUT2D eigenvalue weighted by molar-refractivity contribution is -0.115. The van der Waals surface area contributed by atoms with Gasteiger partial charge in [-0.15, -0.1) is 10.2 Å². The van der Waals surface area contributed by atoms with E-state index >= 15 is 0 Å². The maximum atomic E-state index is 13.1. The third-order valence-corrected chi connectivity index (χ3v) is 5.62. The summed E-state index contributed by atoms with van der Waals surface area (Å²) in [6, 6.07) is 15.2. The Balaban J connectivity index is 1.80. The van der Waals surface area contributed by atoms with Crippen LogP contribution in [0.25, 0.3) is 0 Å². The van der Waals surface area contributed by atoms with E-state index in [0.29, 0.717) is 10.0 Å². The van der Waals surface area contributed by atoms with Gasteiger partial charge in [0.25, 0.3) is 0 Å². The van der Waals surface area contributed by atoms with Crippen LogP contribution in [0.3, 0.4) is 0 Å². The third kappa shape index (κ3) is 4.80. The zero-order valence-corrected chi connectivity index (χ0v) is 15.6. The lowest BCUT2D eigenvalue weighted by Gasteiger charge is -2.15. The molecule has 0 fully saturated rings. The van der Waals surface area contributed by atoms with E-state index in [1.165, 1.54) is 47.4 Å². The highest BCUT2D eigenvalue weighted by Gasteiger charge is 2.24. The van der Waals surface area contributed by atoms with Gasteiger partial charge in [0.1, 0.15) is 11.1 Å². The molecule has 1 atom stereocenters. The fourth-order valence-corrected chi connectivity index (χ4v) is 4.23. The van der Waals surface area contributed by atoms with Crippen LogP contribution in [0.15, 0.2) is 58.9 Å². The molecule has 8 heteroatoms. The summed E-state index contributed by atoms with van der Waals surface area (Å²) >= 11 is 2.74. The standard InChI is InChI=1S/C18H17FN4OS2/c1-2-20-17-22-23-18(26-17)25-15(12-6-4-3-5-7-12)16(24)21-14-10-8-13(19)9-11-14/h3-11,15H,2H2,1H3,(H,20,22)(H,21,24)/t15-/m0/s1. The van der Waals surface area contributed by atoms with Crippen molar-refractivity contribution in [2.75, 3.05) is 17.2 Å². The van der Waals surface area contributed by atoms with E-state index in [1.54, 1.807) is 0 Å². The Morgan fingerprint density at radius 2 is 1.88 bits per heavy atom. The normalized spacial score (nSPS) is 11.8. The summed E-state index contributed by atoms with van der Waals surface area (Å²) < 4.78 is 13.8. The largest absolute Gasteiger partial charge is 0.360 e. The average molecular weight is 388 g/mol. The molecule has 1 amide bonds. The molecule has 1 heterocycles. The average Bonchev–Trinajstić information content (AvgIpc) is 3.10. The minimum absolute atomic E-state index is 0.201. The van der Waals surface area contributed by atoms with Gasteiger partial charge in [-0.25, -0.2) is 4.39 Å². The van der Waals surface area contributed by atoms with E-state index in [-0.39, 0.29) is 11.7 Å². The Bertz CT molecular complexity index is 855. The van der Waals surface area contributed by atoms with Gasteiger partial charge in [-0.05, 0) is 36.8 Å². The first kappa shape index (κ1) is 18.3. The van der Waals surface area contributed by atoms with Crippen LogP contribution < -0.4 is 10.6 Å². The van der Waals surface area contributed by atoms with E-state index in [1.807, 2.05) is 37.3 Å². The highest BCUT2D eigenvalue weighted by Crippen LogP contribution is 2.38. The molecule has 134 valence electrons. The van der Waals surface area contributed by atoms with Crippen LogP contribution in [-0.4, -0.2) is 22.6 Å². The lowest BCUT2D eigenvalue weighted by Crippen LogP contribution is -2.19. The molecule has 5 nitrogen and oxygen atoms in total. The summed E-state index contributed by atoms with van der Waals surface area (Å²) in [5, 5.41) is 14.4. The van der Waals surface area contributed by atoms with E-state index in [9.17, 15) is 9.18 Å². The van der Waals surface area contributed by atoms with Gasteiger partial charge in [0.2, 0.25) is 11.0 Å². The number of aromatic nitrogens is 2. The number of carbonyl (C=O) groups is 1. The topological polar surface area (TPSA) is 66.9 Å². The second kappa shape index (κ2) is 8.77. The molecular formula is C18H17FN4OS2. The van der Waals surface area contributed by atoms with Crippen LogP contribution in [0.4, 0.5) is 15.2 Å². The molecule has 0 aliphatic carbocycles. The summed E-state index contributed by atoms with van der Waals surface area (Å²) in [7, 11) is 0. The van der Waals surface area contributed by atoms with Crippen molar-refractivity contribution in [1.82, 2.24) is 10.2 Å². The number of halogens is 1. The van der Waals surface area contributed by atoms with E-state index in [0.717, 1.165) is 17.2 Å². The van der Waals surface area contributed by atoms with Crippen LogP contribution in [0.2, 0.25) is 0 Å². The number of amides is 1. The van der Waals surface area contributed by atoms with Crippen molar-refractivity contribution in [2.24, 2.45) is 0 Å². The van der Waals surface area contributed by atoms with Gasteiger partial charge >= 0.3 is 0 Å². The second-order valence-electron chi connectivity index (χ2n) is 5.31. The third-order valence-electron chi connectivity index (χ3n) is 3.41. The Hall–Kier alpha value is -2.45. The van der Waals surface area contributed by atoms with Gasteiger partial charge < -0.3 is 10.6 Å². The van der Waals surface area contributed by atoms with Gasteiger partial charge in [0.05, 0.1) is 0 Å². The highest BCUT2D eigenvalue weighted by molar-refractivity contribution is 8.02. The van der Waals surface area contributed by atoms with Crippen molar-refractivity contribution < 1.29 is 9.18 Å². The van der Waals surface area contributed by atoms with Crippen molar-refractivity contribution in [3.8, 4) is 0 Å². The molecule has 1 aromatic heterocycles. The molecule has 0 unspecified atom stereocenters. The zero-order valence-electron chi connectivity index (χ0n) is 14.0. The Morgan fingerprint density at radius 1 is 1.15 bits per heavy atom. The van der Waals surface area contributed by atoms with E-state index in [2.05, 4.69) is 20.8 Å². The number of hydrogen-bond donors (Lipinski definition) is 2. The molecule has 0 radical (unpaired) electrons. The number of carbonyl (C=O) groups excluding carboxylic acids is 1. The number of anilines is 2. The molecule has 0 saturated heterocycles. The molecule has 0 aliphatic rings. The fraction of sp³-hybridized carbons (Fsp3) is 0.167. The first-order valence-electron chi connectivity index (χ1n) is 8.01. The first-order valence-corrected chi connectivity index (χ1v) is 9.70. The highest BCUT2D eigenvalue weighted by atomic mass is 32.2. The molecule has 3 aromatic rings. The van der Waals surface area contributed by atoms with Crippen LogP contribution in [0.1, 0.15) is 17.7 Å². The molecule has 2 N–H and O–H groups in total. The minimum Gasteiger partial charge on any atom is -0.360 e. The van der Waals surface area contributed by atoms with Crippen molar-refractivity contribution in [3.63, 3.8) is 0 Å². The van der Waals surface area contributed by atoms with Gasteiger partial charge in [0.15, 0.2) is 4.34 Å². The van der Waals surface area contributed by atoms with Gasteiger partial charge in [0, 0.05) is 12.2 Å². The quantitative estimate of drug-likeness (QED) is 0.580. The maximum Gasteiger partial charge on any atom is 0.242 e. The Kier molecular flexibility index (Phi) is 6.19. The Morgan fingerprint density at radius 3 is 2.58 bits per heavy atom. The molecule has 0 aliphatic heterocycles. The van der Waals surface area contributed by atoms with Crippen LogP contribution >= 0.6 is 23.1 Å². The number of rotatable bonds is 7. The van der Waals surface area contributed by atoms with Crippen molar-refractivity contribution in [2.45, 2.75) is 16.5 Å². The molecule has 0 bridgehead atoms. The summed E-state index contributed by atoms with van der Waals surface area (Å²) in [5.41, 5.74) is 1.40. The number of hydrogen-bond acceptors (Lipinski definition) is 6. The summed E-state index contributed by atoms with van der Waals surface area (Å²) in [6.07, 6.45) is 0. The second-order valence-corrected chi connectivity index (χ2v) is 7.64. The van der Waals surface area contributed by atoms with Crippen LogP contribution in [-0.2, 0) is 4.79 Å². The van der Waals surface area contributed by atoms with Crippen LogP contribution in [0, 0.1) is 5.82 Å². The van der Waals surface area contributed by atoms with Gasteiger partial charge in [-0.3, -0.25) is 4.79 Å². The van der Waals surface area contributed by atoms with Crippen molar-refractivity contribution in [1.29, 1.82) is 0 Å². The SMILES string of the molecule is CCNc1nnc(S[C@H](C(=O)Nc2ccc(F)cc2)c2ccccc2)s1. The minimum atomic E-state index is -0.497. The molecule has 3 rings (SSSR count). The maximum absolute atomic E-state index is 13.1. The Labute approximate surface area is 159 Å². The zero-order chi connectivity index (χ0) is 18.4. The lowest BCUT2D eigenvalue weighted by atomic mass is 10.1. The number of nitrogens with one attached hydrogen (secondary N) is 2. The predicted octanol–water partition coefficient (Wildman–Crippen LogP) is 4.58. The number of nitrogens with zero attached hydrogens (tertiary/aromatic N) is 2. The van der Waals surface area contributed by atoms with Crippen molar-refractivity contribution in [3.05, 3.63) is 66.0 Å². The first-order chi connectivity index (χ1) is 12.7. The smallest absolute Gasteiger partial charge is 0.242 e. The van der Waals surface area contributed by atoms with Crippen LogP contribution in [0.5, 0.6) is 0 Å². The fourth-order valence-electron chi connectivity index (χ4n) is 2.22. The number of benzene rings is 2. The summed E-state index contributed by atoms with van der Waals surface area (Å²) in [5.74, 6) is -0.546. The molecule has 0 saturated carbocycles. The van der Waals surface area contributed by atoms with E-state index in [4.69, 9.17) is 0 Å². The monoisotopic (exact) mass is 388 g/mol. The predicted molar refractivity (Wildman–Crippen MR) is 104 cm³/mol. The number of thioether (sulfide) groups is 1. The van der Waals surface area contributed by atoms with E-state index < -0.39 is 5.25 Å². The van der Waals surface area contributed by atoms with Gasteiger partial charge in [-0.1, -0.05) is 53.4 Å². The summed E-state index contributed by atoms with van der Waals surface area (Å²) in [6.45, 7) is 2.74. The molecular weight excluding hydrogens is 371 g/mol. The van der Waals surface area contributed by atoms with Crippen molar-refractivity contribution >= 4 is 39.8 Å². The van der Waals surface area contributed by atoms with Gasteiger partial charge in [-0.2, -0.15) is 0 Å². The molecule has 26 heavy (non-hydrogen) atoms. The summed E-state index contributed by atoms with van der Waals surface area (Å²) in [4.78, 5) is 12.9. The molecule has 0 spiro atoms.